The van der Waals surface area contributed by atoms with E-state index in [0.29, 0.717) is 24.4 Å². The quantitative estimate of drug-likeness (QED) is 0.792. The monoisotopic (exact) mass is 280 g/mol. The van der Waals surface area contributed by atoms with Gasteiger partial charge in [-0.2, -0.15) is 10.4 Å². The Balaban J connectivity index is 2.09. The molecule has 104 valence electrons. The number of nitriles is 1. The van der Waals surface area contributed by atoms with Crippen LogP contribution in [-0.4, -0.2) is 15.7 Å². The average molecular weight is 280 g/mol. The molecule has 0 aliphatic carbocycles. The average Bonchev–Trinajstić information content (AvgIpc) is 3.08. The number of nitrogens with two attached hydrogens (primary N) is 1. The Morgan fingerprint density at radius 3 is 2.95 bits per heavy atom. The van der Waals surface area contributed by atoms with Crippen molar-refractivity contribution >= 4 is 16.9 Å². The number of aromatic nitrogens is 2. The van der Waals surface area contributed by atoms with Crippen LogP contribution >= 0.6 is 0 Å². The lowest BCUT2D eigenvalue weighted by atomic mass is 10.2. The number of hydrogen-bond donors (Lipinski definition) is 1. The van der Waals surface area contributed by atoms with E-state index in [2.05, 4.69) is 5.10 Å². The summed E-state index contributed by atoms with van der Waals surface area (Å²) in [5.41, 5.74) is 6.79. The molecule has 0 saturated heterocycles. The molecule has 2 heterocycles. The summed E-state index contributed by atoms with van der Waals surface area (Å²) in [6, 6.07) is 11.4. The number of hydrogen-bond acceptors (Lipinski definition) is 4. The van der Waals surface area contributed by atoms with Crippen molar-refractivity contribution in [1.82, 2.24) is 9.78 Å². The lowest BCUT2D eigenvalue weighted by Gasteiger charge is -1.94. The van der Waals surface area contributed by atoms with E-state index in [-0.39, 0.29) is 5.56 Å². The van der Waals surface area contributed by atoms with Crippen molar-refractivity contribution < 1.29 is 9.21 Å². The first-order valence-electron chi connectivity index (χ1n) is 6.42. The third kappa shape index (κ3) is 2.37. The number of furan rings is 1. The van der Waals surface area contributed by atoms with Crippen molar-refractivity contribution in [3.05, 3.63) is 42.1 Å². The molecule has 0 bridgehead atoms. The summed E-state index contributed by atoms with van der Waals surface area (Å²) >= 11 is 0. The van der Waals surface area contributed by atoms with Gasteiger partial charge in [-0.3, -0.25) is 9.48 Å². The number of para-hydroxylation sites is 1. The van der Waals surface area contributed by atoms with Crippen LogP contribution in [0.15, 0.2) is 40.9 Å². The predicted octanol–water partition coefficient (Wildman–Crippen LogP) is 2.31. The number of carbonyl (C=O) groups excluding carboxylic acids is 1. The van der Waals surface area contributed by atoms with Gasteiger partial charge in [0.2, 0.25) is 0 Å². The van der Waals surface area contributed by atoms with E-state index >= 15 is 0 Å². The summed E-state index contributed by atoms with van der Waals surface area (Å²) < 4.78 is 7.25. The van der Waals surface area contributed by atoms with Gasteiger partial charge in [-0.1, -0.05) is 18.2 Å². The zero-order chi connectivity index (χ0) is 14.8. The number of carbonyl (C=O) groups is 1. The van der Waals surface area contributed by atoms with Crippen LogP contribution in [0.5, 0.6) is 0 Å². The third-order valence-electron chi connectivity index (χ3n) is 3.14. The molecule has 6 heteroatoms. The van der Waals surface area contributed by atoms with Crippen molar-refractivity contribution in [3.63, 3.8) is 0 Å². The Morgan fingerprint density at radius 2 is 2.24 bits per heavy atom. The van der Waals surface area contributed by atoms with Gasteiger partial charge in [0.1, 0.15) is 11.3 Å². The van der Waals surface area contributed by atoms with Crippen molar-refractivity contribution in [2.24, 2.45) is 5.73 Å². The molecule has 3 rings (SSSR count). The first-order chi connectivity index (χ1) is 10.2. The van der Waals surface area contributed by atoms with E-state index in [0.717, 1.165) is 11.0 Å². The smallest absolute Gasteiger partial charge is 0.252 e. The Hall–Kier alpha value is -3.07. The molecule has 21 heavy (non-hydrogen) atoms. The van der Waals surface area contributed by atoms with Gasteiger partial charge in [0.05, 0.1) is 24.6 Å². The van der Waals surface area contributed by atoms with Gasteiger partial charge in [-0.05, 0) is 12.1 Å². The van der Waals surface area contributed by atoms with Gasteiger partial charge in [0.15, 0.2) is 5.76 Å². The second kappa shape index (κ2) is 5.13. The normalized spacial score (nSPS) is 10.6. The Kier molecular flexibility index (Phi) is 3.16. The van der Waals surface area contributed by atoms with Gasteiger partial charge >= 0.3 is 0 Å². The molecule has 6 nitrogen and oxygen atoms in total. The zero-order valence-corrected chi connectivity index (χ0v) is 11.1. The second-order valence-electron chi connectivity index (χ2n) is 4.58. The summed E-state index contributed by atoms with van der Waals surface area (Å²) in [5, 5.41) is 13.9. The van der Waals surface area contributed by atoms with Crippen LogP contribution in [0.2, 0.25) is 0 Å². The molecule has 0 radical (unpaired) electrons. The van der Waals surface area contributed by atoms with Crippen molar-refractivity contribution in [1.29, 1.82) is 5.26 Å². The number of rotatable bonds is 4. The molecule has 1 amide bonds. The topological polar surface area (TPSA) is 97.8 Å². The standard InChI is InChI=1S/C15H12N4O2/c16-6-3-7-19-9-11(15(17)20)14(18-19)13-8-10-4-1-2-5-12(10)21-13/h1-2,4-5,8-9H,3,7H2,(H2,17,20). The first kappa shape index (κ1) is 12.9. The van der Waals surface area contributed by atoms with E-state index in [1.807, 2.05) is 36.4 Å². The molecule has 0 spiro atoms. The third-order valence-corrected chi connectivity index (χ3v) is 3.14. The lowest BCUT2D eigenvalue weighted by molar-refractivity contribution is 0.100. The molecule has 3 aromatic rings. The Morgan fingerprint density at radius 1 is 1.43 bits per heavy atom. The zero-order valence-electron chi connectivity index (χ0n) is 11.1. The molecule has 2 aromatic heterocycles. The number of benzene rings is 1. The van der Waals surface area contributed by atoms with E-state index in [1.54, 1.807) is 6.20 Å². The predicted molar refractivity (Wildman–Crippen MR) is 76.2 cm³/mol. The fraction of sp³-hybridized carbons (Fsp3) is 0.133. The van der Waals surface area contributed by atoms with Gasteiger partial charge in [0, 0.05) is 11.6 Å². The van der Waals surface area contributed by atoms with Gasteiger partial charge in [0.25, 0.3) is 5.91 Å². The highest BCUT2D eigenvalue weighted by Crippen LogP contribution is 2.28. The van der Waals surface area contributed by atoms with Gasteiger partial charge < -0.3 is 10.2 Å². The maximum Gasteiger partial charge on any atom is 0.252 e. The summed E-state index contributed by atoms with van der Waals surface area (Å²) in [7, 11) is 0. The molecule has 0 saturated carbocycles. The molecular formula is C15H12N4O2. The van der Waals surface area contributed by atoms with Crippen LogP contribution in [0.3, 0.4) is 0 Å². The van der Waals surface area contributed by atoms with Crippen molar-refractivity contribution in [3.8, 4) is 17.5 Å². The minimum atomic E-state index is -0.575. The largest absolute Gasteiger partial charge is 0.454 e. The molecule has 0 aliphatic heterocycles. The first-order valence-corrected chi connectivity index (χ1v) is 6.42. The highest BCUT2D eigenvalue weighted by Gasteiger charge is 2.18. The number of amides is 1. The number of aryl methyl sites for hydroxylation is 1. The molecule has 0 aliphatic rings. The summed E-state index contributed by atoms with van der Waals surface area (Å²) in [4.78, 5) is 11.6. The summed E-state index contributed by atoms with van der Waals surface area (Å²) in [5.74, 6) is -0.0885. The number of nitrogens with zero attached hydrogens (tertiary/aromatic N) is 3. The van der Waals surface area contributed by atoms with Crippen LogP contribution in [0.1, 0.15) is 16.8 Å². The van der Waals surface area contributed by atoms with Crippen LogP contribution in [0.4, 0.5) is 0 Å². The number of primary amides is 1. The van der Waals surface area contributed by atoms with E-state index in [1.165, 1.54) is 4.68 Å². The highest BCUT2D eigenvalue weighted by atomic mass is 16.3. The van der Waals surface area contributed by atoms with E-state index in [9.17, 15) is 4.79 Å². The van der Waals surface area contributed by atoms with Crippen LogP contribution in [0, 0.1) is 11.3 Å². The van der Waals surface area contributed by atoms with Crippen molar-refractivity contribution in [2.75, 3.05) is 0 Å². The van der Waals surface area contributed by atoms with Crippen LogP contribution in [0.25, 0.3) is 22.4 Å². The highest BCUT2D eigenvalue weighted by molar-refractivity contribution is 5.99. The number of fused-ring (bicyclic) bond motifs is 1. The Bertz CT molecular complexity index is 821. The summed E-state index contributed by atoms with van der Waals surface area (Å²) in [6.45, 7) is 0.400. The van der Waals surface area contributed by atoms with Crippen molar-refractivity contribution in [2.45, 2.75) is 13.0 Å². The molecule has 0 unspecified atom stereocenters. The fourth-order valence-corrected chi connectivity index (χ4v) is 2.16. The van der Waals surface area contributed by atoms with Gasteiger partial charge in [-0.15, -0.1) is 0 Å². The second-order valence-corrected chi connectivity index (χ2v) is 4.58. The Labute approximate surface area is 120 Å². The molecule has 0 atom stereocenters. The maximum absolute atomic E-state index is 11.6. The minimum absolute atomic E-state index is 0.284. The van der Waals surface area contributed by atoms with E-state index < -0.39 is 5.91 Å². The van der Waals surface area contributed by atoms with Crippen LogP contribution < -0.4 is 5.73 Å². The fourth-order valence-electron chi connectivity index (χ4n) is 2.16. The van der Waals surface area contributed by atoms with Crippen LogP contribution in [-0.2, 0) is 6.54 Å². The lowest BCUT2D eigenvalue weighted by Crippen LogP contribution is -2.11. The molecule has 1 aromatic carbocycles. The summed E-state index contributed by atoms with van der Waals surface area (Å²) in [6.07, 6.45) is 1.85. The molecule has 0 fully saturated rings. The minimum Gasteiger partial charge on any atom is -0.454 e. The van der Waals surface area contributed by atoms with E-state index in [4.69, 9.17) is 15.4 Å². The maximum atomic E-state index is 11.6. The molecular weight excluding hydrogens is 268 g/mol. The van der Waals surface area contributed by atoms with Gasteiger partial charge in [-0.25, -0.2) is 0 Å². The SMILES string of the molecule is N#CCCn1cc(C(N)=O)c(-c2cc3ccccc3o2)n1. The molecule has 2 N–H and O–H groups in total.